The summed E-state index contributed by atoms with van der Waals surface area (Å²) in [7, 11) is 0. The number of benzene rings is 2. The number of hydrogen-bond donors (Lipinski definition) is 2. The molecule has 9 heteroatoms. The highest BCUT2D eigenvalue weighted by Gasteiger charge is 2.52. The maximum Gasteiger partial charge on any atom is 0.411 e. The maximum atomic E-state index is 13.4. The fourth-order valence-corrected chi connectivity index (χ4v) is 4.74. The molecule has 1 atom stereocenters. The fourth-order valence-electron chi connectivity index (χ4n) is 4.74. The lowest BCUT2D eigenvalue weighted by Gasteiger charge is -2.32. The number of fused-ring (bicyclic) bond motifs is 2. The van der Waals surface area contributed by atoms with E-state index in [1.165, 1.54) is 17.7 Å². The Morgan fingerprint density at radius 3 is 2.74 bits per heavy atom. The van der Waals surface area contributed by atoms with E-state index in [1.54, 1.807) is 19.1 Å². The van der Waals surface area contributed by atoms with E-state index in [1.807, 2.05) is 24.3 Å². The van der Waals surface area contributed by atoms with Gasteiger partial charge in [0.15, 0.2) is 0 Å². The minimum absolute atomic E-state index is 0.0686. The molecule has 0 radical (unpaired) electrons. The number of anilines is 1. The summed E-state index contributed by atoms with van der Waals surface area (Å²) in [6.07, 6.45) is 1.03. The third-order valence-corrected chi connectivity index (χ3v) is 6.36. The van der Waals surface area contributed by atoms with Gasteiger partial charge in [-0.15, -0.1) is 0 Å². The molecule has 1 saturated heterocycles. The van der Waals surface area contributed by atoms with Gasteiger partial charge >= 0.3 is 17.7 Å². The van der Waals surface area contributed by atoms with Gasteiger partial charge in [-0.25, -0.2) is 14.4 Å². The van der Waals surface area contributed by atoms with Crippen molar-refractivity contribution in [2.24, 2.45) is 0 Å². The highest BCUT2D eigenvalue weighted by atomic mass is 16.5. The normalized spacial score (nSPS) is 19.3. The van der Waals surface area contributed by atoms with Gasteiger partial charge in [0.2, 0.25) is 0 Å². The molecule has 5 rings (SSSR count). The first-order valence-corrected chi connectivity index (χ1v) is 11.1. The lowest BCUT2D eigenvalue weighted by molar-refractivity contribution is -0.132. The van der Waals surface area contributed by atoms with E-state index in [9.17, 15) is 19.2 Å². The third kappa shape index (κ3) is 3.79. The molecule has 2 heterocycles. The average molecular weight is 461 g/mol. The van der Waals surface area contributed by atoms with Gasteiger partial charge in [-0.2, -0.15) is 0 Å². The Labute approximate surface area is 194 Å². The summed E-state index contributed by atoms with van der Waals surface area (Å²) in [6.45, 7) is 1.84. The second-order valence-corrected chi connectivity index (χ2v) is 8.50. The van der Waals surface area contributed by atoms with E-state index >= 15 is 0 Å². The van der Waals surface area contributed by atoms with E-state index in [2.05, 4.69) is 10.6 Å². The lowest BCUT2D eigenvalue weighted by Crippen LogP contribution is -2.51. The molecule has 1 aliphatic heterocycles. The van der Waals surface area contributed by atoms with Gasteiger partial charge in [0.1, 0.15) is 11.1 Å². The highest BCUT2D eigenvalue weighted by molar-refractivity contribution is 6.07. The number of nitrogens with one attached hydrogen (secondary N) is 2. The first-order chi connectivity index (χ1) is 16.4. The second-order valence-electron chi connectivity index (χ2n) is 8.50. The van der Waals surface area contributed by atoms with Gasteiger partial charge in [0.05, 0.1) is 13.2 Å². The molecule has 2 aliphatic rings. The zero-order valence-electron chi connectivity index (χ0n) is 18.6. The molecule has 4 amide bonds. The van der Waals surface area contributed by atoms with Crippen molar-refractivity contribution in [3.63, 3.8) is 0 Å². The molecular weight excluding hydrogens is 438 g/mol. The van der Waals surface area contributed by atoms with Crippen molar-refractivity contribution in [3.05, 3.63) is 75.6 Å². The van der Waals surface area contributed by atoms with Crippen molar-refractivity contribution in [3.8, 4) is 0 Å². The summed E-state index contributed by atoms with van der Waals surface area (Å²) >= 11 is 0. The zero-order valence-corrected chi connectivity index (χ0v) is 18.6. The van der Waals surface area contributed by atoms with Crippen LogP contribution in [0.15, 0.2) is 57.7 Å². The van der Waals surface area contributed by atoms with Gasteiger partial charge in [0, 0.05) is 29.6 Å². The molecule has 34 heavy (non-hydrogen) atoms. The topological polar surface area (TPSA) is 118 Å². The smallest absolute Gasteiger partial charge is 0.411 e. The van der Waals surface area contributed by atoms with Crippen LogP contribution in [0.3, 0.4) is 0 Å². The zero-order chi connectivity index (χ0) is 23.9. The van der Waals surface area contributed by atoms with Gasteiger partial charge < -0.3 is 14.5 Å². The standard InChI is InChI=1S/C25H23N3O6/c1-2-33-24(32)26-18-7-8-19-17(11-21(29)34-20(19)12-18)14-28-22(30)25(27-23(28)31)10-9-15-5-3-4-6-16(15)13-25/h3-8,11-12H,2,9-10,13-14H2,1H3,(H,26,32)(H,27,31). The average Bonchev–Trinajstić information content (AvgIpc) is 3.02. The van der Waals surface area contributed by atoms with Gasteiger partial charge in [0.25, 0.3) is 5.91 Å². The van der Waals surface area contributed by atoms with E-state index in [-0.39, 0.29) is 24.6 Å². The third-order valence-electron chi connectivity index (χ3n) is 6.36. The minimum Gasteiger partial charge on any atom is -0.450 e. The molecule has 174 valence electrons. The Hall–Kier alpha value is -4.14. The van der Waals surface area contributed by atoms with Gasteiger partial charge in [-0.3, -0.25) is 15.0 Å². The van der Waals surface area contributed by atoms with Crippen LogP contribution in [0.5, 0.6) is 0 Å². The number of rotatable bonds is 4. The summed E-state index contributed by atoms with van der Waals surface area (Å²) in [5, 5.41) is 6.03. The fraction of sp³-hybridized carbons (Fsp3) is 0.280. The van der Waals surface area contributed by atoms with E-state index in [0.29, 0.717) is 35.9 Å². The molecule has 0 saturated carbocycles. The summed E-state index contributed by atoms with van der Waals surface area (Å²) in [4.78, 5) is 51.4. The molecule has 0 bridgehead atoms. The van der Waals surface area contributed by atoms with Gasteiger partial charge in [-0.1, -0.05) is 24.3 Å². The number of aryl methyl sites for hydroxylation is 1. The van der Waals surface area contributed by atoms with Crippen LogP contribution in [0, 0.1) is 0 Å². The molecule has 1 aliphatic carbocycles. The monoisotopic (exact) mass is 461 g/mol. The van der Waals surface area contributed by atoms with Crippen molar-refractivity contribution < 1.29 is 23.5 Å². The first-order valence-electron chi connectivity index (χ1n) is 11.1. The molecule has 1 aromatic heterocycles. The largest absolute Gasteiger partial charge is 0.450 e. The molecule has 9 nitrogen and oxygen atoms in total. The van der Waals surface area contributed by atoms with Crippen molar-refractivity contribution in [1.29, 1.82) is 0 Å². The van der Waals surface area contributed by atoms with Crippen molar-refractivity contribution in [1.82, 2.24) is 10.2 Å². The molecule has 3 aromatic rings. The quantitative estimate of drug-likeness (QED) is 0.455. The predicted molar refractivity (Wildman–Crippen MR) is 123 cm³/mol. The Kier molecular flexibility index (Phi) is 5.31. The molecule has 2 aromatic carbocycles. The van der Waals surface area contributed by atoms with Crippen LogP contribution in [-0.4, -0.2) is 35.1 Å². The number of carbonyl (C=O) groups is 3. The molecule has 1 unspecified atom stereocenters. The van der Waals surface area contributed by atoms with E-state index < -0.39 is 23.3 Å². The van der Waals surface area contributed by atoms with Crippen LogP contribution >= 0.6 is 0 Å². The minimum atomic E-state index is -0.975. The highest BCUT2D eigenvalue weighted by Crippen LogP contribution is 2.34. The molecular formula is C25H23N3O6. The summed E-state index contributed by atoms with van der Waals surface area (Å²) in [5.41, 5.74) is 1.74. The van der Waals surface area contributed by atoms with E-state index in [0.717, 1.165) is 10.5 Å². The van der Waals surface area contributed by atoms with Crippen LogP contribution in [0.1, 0.15) is 30.0 Å². The number of nitrogens with zero attached hydrogens (tertiary/aromatic N) is 1. The number of hydrogen-bond acceptors (Lipinski definition) is 6. The van der Waals surface area contributed by atoms with Crippen molar-refractivity contribution in [2.75, 3.05) is 11.9 Å². The van der Waals surface area contributed by atoms with Crippen LogP contribution in [-0.2, 0) is 28.9 Å². The maximum absolute atomic E-state index is 13.4. The Morgan fingerprint density at radius 2 is 1.94 bits per heavy atom. The van der Waals surface area contributed by atoms with Gasteiger partial charge in [-0.05, 0) is 48.6 Å². The van der Waals surface area contributed by atoms with Crippen molar-refractivity contribution >= 4 is 34.7 Å². The SMILES string of the molecule is CCOC(=O)Nc1ccc2c(CN3C(=O)NC4(CCc5ccccc5C4)C3=O)cc(=O)oc2c1. The van der Waals surface area contributed by atoms with Crippen LogP contribution in [0.25, 0.3) is 11.0 Å². The molecule has 1 spiro atoms. The number of carbonyl (C=O) groups excluding carboxylic acids is 3. The van der Waals surface area contributed by atoms with Crippen molar-refractivity contribution in [2.45, 2.75) is 38.3 Å². The molecule has 2 N–H and O–H groups in total. The number of imide groups is 1. The van der Waals surface area contributed by atoms with E-state index in [4.69, 9.17) is 9.15 Å². The number of amides is 4. The lowest BCUT2D eigenvalue weighted by atomic mass is 9.78. The second kappa shape index (κ2) is 8.33. The van der Waals surface area contributed by atoms with Crippen LogP contribution in [0.2, 0.25) is 0 Å². The Bertz CT molecular complexity index is 1380. The Balaban J connectivity index is 1.43. The van der Waals surface area contributed by atoms with Crippen LogP contribution < -0.4 is 16.3 Å². The summed E-state index contributed by atoms with van der Waals surface area (Å²) in [6, 6.07) is 13.5. The summed E-state index contributed by atoms with van der Waals surface area (Å²) < 4.78 is 10.2. The summed E-state index contributed by atoms with van der Waals surface area (Å²) in [5.74, 6) is -0.297. The van der Waals surface area contributed by atoms with Crippen LogP contribution in [0.4, 0.5) is 15.3 Å². The molecule has 1 fully saturated rings. The number of urea groups is 1. The predicted octanol–water partition coefficient (Wildman–Crippen LogP) is 3.34. The first kappa shape index (κ1) is 21.7. The number of ether oxygens (including phenoxy) is 1. The Morgan fingerprint density at radius 1 is 1.15 bits per heavy atom.